The zero-order valence-corrected chi connectivity index (χ0v) is 14.3. The van der Waals surface area contributed by atoms with Crippen molar-refractivity contribution in [2.45, 2.75) is 44.3 Å². The van der Waals surface area contributed by atoms with Gasteiger partial charge in [-0.1, -0.05) is 32.8 Å². The van der Waals surface area contributed by atoms with E-state index in [1.54, 1.807) is 0 Å². The molecule has 0 aromatic carbocycles. The van der Waals surface area contributed by atoms with Crippen molar-refractivity contribution in [1.29, 1.82) is 0 Å². The number of rotatable bonds is 8. The van der Waals surface area contributed by atoms with Gasteiger partial charge in [0.2, 0.25) is 12.3 Å². The zero-order valence-electron chi connectivity index (χ0n) is 13.5. The second-order valence-corrected chi connectivity index (χ2v) is 7.00. The highest BCUT2D eigenvalue weighted by molar-refractivity contribution is 8.00. The van der Waals surface area contributed by atoms with Crippen molar-refractivity contribution in [1.82, 2.24) is 10.6 Å². The van der Waals surface area contributed by atoms with Gasteiger partial charge >= 0.3 is 0 Å². The molecule has 2 rings (SSSR count). The maximum absolute atomic E-state index is 11.7. The molecular weight excluding hydrogens is 298 g/mol. The smallest absolute Gasteiger partial charge is 0.229 e. The van der Waals surface area contributed by atoms with Crippen molar-refractivity contribution in [3.8, 4) is 0 Å². The predicted molar refractivity (Wildman–Crippen MR) is 92.4 cm³/mol. The number of allylic oxidation sites excluding steroid dienone is 1. The lowest BCUT2D eigenvalue weighted by molar-refractivity contribution is -0.122. The summed E-state index contributed by atoms with van der Waals surface area (Å²) in [6.07, 6.45) is 6.54. The number of nitrogens with two attached hydrogens (primary N) is 1. The summed E-state index contributed by atoms with van der Waals surface area (Å²) in [6.45, 7) is 7.48. The number of carbonyl (C=O) groups excluding carboxylic acids is 2. The van der Waals surface area contributed by atoms with Crippen molar-refractivity contribution in [3.63, 3.8) is 0 Å². The van der Waals surface area contributed by atoms with E-state index in [9.17, 15) is 9.59 Å². The minimum atomic E-state index is 0.219. The van der Waals surface area contributed by atoms with E-state index in [4.69, 9.17) is 5.73 Å². The summed E-state index contributed by atoms with van der Waals surface area (Å²) < 4.78 is 0. The highest BCUT2D eigenvalue weighted by Crippen LogP contribution is 2.45. The molecule has 0 aromatic heterocycles. The Morgan fingerprint density at radius 1 is 1.45 bits per heavy atom. The van der Waals surface area contributed by atoms with E-state index in [1.807, 2.05) is 11.8 Å². The lowest BCUT2D eigenvalue weighted by Crippen LogP contribution is -2.25. The molecule has 2 saturated heterocycles. The Balaban J connectivity index is 0.000000295. The van der Waals surface area contributed by atoms with Crippen LogP contribution in [-0.4, -0.2) is 36.4 Å². The van der Waals surface area contributed by atoms with Gasteiger partial charge in [-0.15, -0.1) is 0 Å². The molecule has 22 heavy (non-hydrogen) atoms. The van der Waals surface area contributed by atoms with Crippen LogP contribution in [0.1, 0.15) is 39.0 Å². The number of unbranched alkanes of at least 4 members (excludes halogenated alkanes) is 2. The van der Waals surface area contributed by atoms with Crippen LogP contribution in [0.25, 0.3) is 0 Å². The molecule has 2 aliphatic rings. The molecular formula is C16H29N3O2S. The Bertz CT molecular complexity index is 376. The first kappa shape index (κ1) is 19.0. The van der Waals surface area contributed by atoms with Crippen LogP contribution >= 0.6 is 11.8 Å². The van der Waals surface area contributed by atoms with E-state index in [-0.39, 0.29) is 11.8 Å². The van der Waals surface area contributed by atoms with E-state index in [2.05, 4.69) is 24.1 Å². The molecule has 0 bridgehead atoms. The Labute approximate surface area is 137 Å². The van der Waals surface area contributed by atoms with Crippen LogP contribution in [0.15, 0.2) is 12.3 Å². The molecule has 0 spiro atoms. The van der Waals surface area contributed by atoms with Gasteiger partial charge in [0, 0.05) is 29.2 Å². The Hall–Kier alpha value is -1.01. The molecule has 3 unspecified atom stereocenters. The Morgan fingerprint density at radius 3 is 2.86 bits per heavy atom. The fourth-order valence-electron chi connectivity index (χ4n) is 2.82. The fourth-order valence-corrected chi connectivity index (χ4v) is 4.54. The third-order valence-corrected chi connectivity index (χ3v) is 5.57. The summed E-state index contributed by atoms with van der Waals surface area (Å²) in [6, 6.07) is 0. The maximum atomic E-state index is 11.7. The van der Waals surface area contributed by atoms with Crippen molar-refractivity contribution in [2.24, 2.45) is 17.6 Å². The van der Waals surface area contributed by atoms with Crippen molar-refractivity contribution in [2.75, 3.05) is 18.8 Å². The van der Waals surface area contributed by atoms with Gasteiger partial charge in [0.25, 0.3) is 0 Å². The predicted octanol–water partition coefficient (Wildman–Crippen LogP) is 1.64. The molecule has 126 valence electrons. The molecule has 0 saturated carbocycles. The summed E-state index contributed by atoms with van der Waals surface area (Å²) in [5, 5.41) is 5.92. The minimum Gasteiger partial charge on any atom is -0.359 e. The van der Waals surface area contributed by atoms with Crippen molar-refractivity contribution < 1.29 is 9.59 Å². The monoisotopic (exact) mass is 327 g/mol. The maximum Gasteiger partial charge on any atom is 0.229 e. The van der Waals surface area contributed by atoms with Gasteiger partial charge in [-0.05, 0) is 19.4 Å². The topological polar surface area (TPSA) is 84.2 Å². The minimum absolute atomic E-state index is 0.219. The molecule has 2 amide bonds. The average molecular weight is 327 g/mol. The van der Waals surface area contributed by atoms with Crippen LogP contribution in [-0.2, 0) is 9.59 Å². The first-order chi connectivity index (χ1) is 10.7. The summed E-state index contributed by atoms with van der Waals surface area (Å²) in [7, 11) is 0. The van der Waals surface area contributed by atoms with Gasteiger partial charge < -0.3 is 16.4 Å². The summed E-state index contributed by atoms with van der Waals surface area (Å²) in [4.78, 5) is 21.3. The second kappa shape index (κ2) is 10.7. The van der Waals surface area contributed by atoms with E-state index >= 15 is 0 Å². The van der Waals surface area contributed by atoms with Gasteiger partial charge in [0.1, 0.15) is 0 Å². The molecule has 3 atom stereocenters. The van der Waals surface area contributed by atoms with E-state index in [0.717, 1.165) is 17.9 Å². The normalized spacial score (nSPS) is 26.0. The number of fused-ring (bicyclic) bond motifs is 1. The first-order valence-corrected chi connectivity index (χ1v) is 9.18. The van der Waals surface area contributed by atoms with Crippen LogP contribution in [0.3, 0.4) is 0 Å². The molecule has 0 aliphatic carbocycles. The van der Waals surface area contributed by atoms with Gasteiger partial charge in [-0.2, -0.15) is 11.8 Å². The molecule has 2 aliphatic heterocycles. The lowest BCUT2D eigenvalue weighted by atomic mass is 9.90. The Morgan fingerprint density at radius 2 is 2.23 bits per heavy atom. The van der Waals surface area contributed by atoms with Gasteiger partial charge in [-0.3, -0.25) is 9.59 Å². The highest BCUT2D eigenvalue weighted by atomic mass is 32.2. The molecule has 5 nitrogen and oxygen atoms in total. The first-order valence-electron chi connectivity index (χ1n) is 8.14. The van der Waals surface area contributed by atoms with Crippen molar-refractivity contribution >= 4 is 24.1 Å². The number of thioether (sulfide) groups is 1. The van der Waals surface area contributed by atoms with Crippen LogP contribution in [0.5, 0.6) is 0 Å². The molecule has 0 radical (unpaired) electrons. The highest BCUT2D eigenvalue weighted by Gasteiger charge is 2.47. The molecule has 2 heterocycles. The fraction of sp³-hybridized carbons (Fsp3) is 0.750. The van der Waals surface area contributed by atoms with Gasteiger partial charge in [-0.25, -0.2) is 0 Å². The number of nitrogens with one attached hydrogen (secondary N) is 2. The SMILES string of the molecule is C=C1NC(=O)C2C(CCCCC)SCC12.NCCCNC=O. The van der Waals surface area contributed by atoms with Gasteiger partial charge in [0.15, 0.2) is 0 Å². The second-order valence-electron chi connectivity index (χ2n) is 5.73. The van der Waals surface area contributed by atoms with Crippen LogP contribution in [0, 0.1) is 11.8 Å². The third-order valence-electron chi connectivity index (χ3n) is 4.06. The van der Waals surface area contributed by atoms with Crippen LogP contribution in [0.2, 0.25) is 0 Å². The molecule has 0 aromatic rings. The average Bonchev–Trinajstić information content (AvgIpc) is 3.04. The number of amides is 2. The van der Waals surface area contributed by atoms with Crippen molar-refractivity contribution in [3.05, 3.63) is 12.3 Å². The Kier molecular flexibility index (Phi) is 9.24. The number of hydrogen-bond donors (Lipinski definition) is 3. The zero-order chi connectivity index (χ0) is 16.4. The summed E-state index contributed by atoms with van der Waals surface area (Å²) in [5.74, 6) is 1.93. The number of carbonyl (C=O) groups is 2. The van der Waals surface area contributed by atoms with Crippen LogP contribution < -0.4 is 16.4 Å². The number of hydrogen-bond acceptors (Lipinski definition) is 4. The van der Waals surface area contributed by atoms with Gasteiger partial charge in [0.05, 0.1) is 5.92 Å². The van der Waals surface area contributed by atoms with E-state index < -0.39 is 0 Å². The summed E-state index contributed by atoms with van der Waals surface area (Å²) in [5.41, 5.74) is 6.07. The quantitative estimate of drug-likeness (QED) is 0.467. The van der Waals surface area contributed by atoms with E-state index in [0.29, 0.717) is 30.7 Å². The third kappa shape index (κ3) is 5.65. The molecule has 2 fully saturated rings. The van der Waals surface area contributed by atoms with E-state index in [1.165, 1.54) is 25.7 Å². The standard InChI is InChI=1S/C12H19NOS.C4H10N2O/c1-3-4-5-6-10-11-9(7-15-10)8(2)13-12(11)14;5-2-1-3-6-4-7/h9-11H,2-7H2,1H3,(H,13,14);4H,1-3,5H2,(H,6,7). The largest absolute Gasteiger partial charge is 0.359 e. The summed E-state index contributed by atoms with van der Waals surface area (Å²) >= 11 is 1.97. The molecule has 6 heteroatoms. The van der Waals surface area contributed by atoms with Crippen LogP contribution in [0.4, 0.5) is 0 Å². The lowest BCUT2D eigenvalue weighted by Gasteiger charge is -2.14. The molecule has 4 N–H and O–H groups in total.